The van der Waals surface area contributed by atoms with Gasteiger partial charge in [-0.3, -0.25) is 9.69 Å². The van der Waals surface area contributed by atoms with Crippen LogP contribution in [0.2, 0.25) is 0 Å². The van der Waals surface area contributed by atoms with Gasteiger partial charge in [-0.1, -0.05) is 25.1 Å². The van der Waals surface area contributed by atoms with Crippen LogP contribution in [0.1, 0.15) is 23.7 Å². The molecule has 1 aromatic carbocycles. The molecule has 2 aromatic rings. The second kappa shape index (κ2) is 7.64. The van der Waals surface area contributed by atoms with Crippen LogP contribution in [0.15, 0.2) is 35.1 Å². The molecule has 0 spiro atoms. The fourth-order valence-corrected chi connectivity index (χ4v) is 3.39. The molecule has 25 heavy (non-hydrogen) atoms. The Bertz CT molecular complexity index is 842. The molecule has 130 valence electrons. The lowest BCUT2D eigenvalue weighted by molar-refractivity contribution is 0.132. The number of nitriles is 1. The van der Waals surface area contributed by atoms with E-state index in [1.165, 1.54) is 5.56 Å². The van der Waals surface area contributed by atoms with Crippen LogP contribution in [0.5, 0.6) is 0 Å². The maximum atomic E-state index is 12.0. The van der Waals surface area contributed by atoms with Crippen LogP contribution in [0.4, 0.5) is 0 Å². The Morgan fingerprint density at radius 1 is 1.16 bits per heavy atom. The Labute approximate surface area is 148 Å². The number of likely N-dealkylation sites (N-methyl/N-ethyl adjacent to an activating group) is 1. The first kappa shape index (κ1) is 17.4. The fourth-order valence-electron chi connectivity index (χ4n) is 3.39. The highest BCUT2D eigenvalue weighted by atomic mass is 16.1. The van der Waals surface area contributed by atoms with Gasteiger partial charge in [-0.2, -0.15) is 5.26 Å². The van der Waals surface area contributed by atoms with Gasteiger partial charge in [-0.25, -0.2) is 0 Å². The van der Waals surface area contributed by atoms with E-state index in [2.05, 4.69) is 33.8 Å². The Hall–Kier alpha value is -2.42. The van der Waals surface area contributed by atoms with Gasteiger partial charge in [0.2, 0.25) is 0 Å². The van der Waals surface area contributed by atoms with Gasteiger partial charge in [0, 0.05) is 44.0 Å². The van der Waals surface area contributed by atoms with Gasteiger partial charge in [0.15, 0.2) is 0 Å². The smallest absolute Gasteiger partial charge is 0.266 e. The van der Waals surface area contributed by atoms with Crippen LogP contribution < -0.4 is 5.56 Å². The predicted molar refractivity (Wildman–Crippen MR) is 99.3 cm³/mol. The minimum atomic E-state index is -0.321. The highest BCUT2D eigenvalue weighted by Crippen LogP contribution is 2.23. The number of aryl methyl sites for hydroxylation is 1. The Morgan fingerprint density at radius 3 is 2.56 bits per heavy atom. The first-order valence-corrected chi connectivity index (χ1v) is 8.78. The second-order valence-corrected chi connectivity index (χ2v) is 6.59. The summed E-state index contributed by atoms with van der Waals surface area (Å²) in [5.41, 5.74) is 3.47. The van der Waals surface area contributed by atoms with Crippen molar-refractivity contribution in [3.8, 4) is 17.2 Å². The maximum absolute atomic E-state index is 12.0. The largest absolute Gasteiger partial charge is 0.325 e. The molecule has 0 aliphatic carbocycles. The SMILES string of the molecule is CCN1CCN(Cc2cccc(-c3cc(C)[nH]c(=O)c3C#N)c2)CC1. The Morgan fingerprint density at radius 2 is 1.88 bits per heavy atom. The fraction of sp³-hybridized carbons (Fsp3) is 0.400. The van der Waals surface area contributed by atoms with E-state index in [-0.39, 0.29) is 11.1 Å². The van der Waals surface area contributed by atoms with E-state index in [1.807, 2.05) is 31.2 Å². The second-order valence-electron chi connectivity index (χ2n) is 6.59. The number of hydrogen-bond donors (Lipinski definition) is 1. The number of pyridine rings is 1. The summed E-state index contributed by atoms with van der Waals surface area (Å²) in [4.78, 5) is 19.7. The molecule has 0 amide bonds. The zero-order valence-corrected chi connectivity index (χ0v) is 14.9. The molecule has 0 radical (unpaired) electrons. The van der Waals surface area contributed by atoms with Crippen molar-refractivity contribution in [1.82, 2.24) is 14.8 Å². The summed E-state index contributed by atoms with van der Waals surface area (Å²) >= 11 is 0. The molecule has 1 saturated heterocycles. The molecule has 1 N–H and O–H groups in total. The van der Waals surface area contributed by atoms with E-state index in [1.54, 1.807) is 0 Å². The van der Waals surface area contributed by atoms with Crippen molar-refractivity contribution in [3.05, 3.63) is 57.5 Å². The molecule has 3 rings (SSSR count). The number of aromatic amines is 1. The summed E-state index contributed by atoms with van der Waals surface area (Å²) in [5, 5.41) is 9.35. The maximum Gasteiger partial charge on any atom is 0.266 e. The van der Waals surface area contributed by atoms with Crippen LogP contribution in [-0.4, -0.2) is 47.5 Å². The monoisotopic (exact) mass is 336 g/mol. The number of piperazine rings is 1. The lowest BCUT2D eigenvalue weighted by Crippen LogP contribution is -2.45. The zero-order chi connectivity index (χ0) is 17.8. The molecule has 0 atom stereocenters. The van der Waals surface area contributed by atoms with E-state index in [4.69, 9.17) is 0 Å². The summed E-state index contributed by atoms with van der Waals surface area (Å²) in [6.07, 6.45) is 0. The van der Waals surface area contributed by atoms with Crippen molar-refractivity contribution in [3.63, 3.8) is 0 Å². The average Bonchev–Trinajstić information content (AvgIpc) is 2.62. The molecule has 0 unspecified atom stereocenters. The molecule has 0 bridgehead atoms. The van der Waals surface area contributed by atoms with Crippen molar-refractivity contribution in [2.45, 2.75) is 20.4 Å². The number of H-pyrrole nitrogens is 1. The summed E-state index contributed by atoms with van der Waals surface area (Å²) < 4.78 is 0. The molecular formula is C20H24N4O. The minimum absolute atomic E-state index is 0.180. The molecule has 5 nitrogen and oxygen atoms in total. The molecule has 0 saturated carbocycles. The molecule has 1 fully saturated rings. The van der Waals surface area contributed by atoms with Gasteiger partial charge in [-0.05, 0) is 36.7 Å². The van der Waals surface area contributed by atoms with Crippen molar-refractivity contribution < 1.29 is 0 Å². The van der Waals surface area contributed by atoms with E-state index >= 15 is 0 Å². The number of aromatic nitrogens is 1. The van der Waals surface area contributed by atoms with Gasteiger partial charge in [-0.15, -0.1) is 0 Å². The Kier molecular flexibility index (Phi) is 5.32. The third kappa shape index (κ3) is 3.98. The van der Waals surface area contributed by atoms with Gasteiger partial charge < -0.3 is 9.88 Å². The summed E-state index contributed by atoms with van der Waals surface area (Å²) in [6.45, 7) is 10.4. The number of nitrogens with one attached hydrogen (secondary N) is 1. The summed E-state index contributed by atoms with van der Waals surface area (Å²) in [6, 6.07) is 12.1. The van der Waals surface area contributed by atoms with Crippen molar-refractivity contribution in [2.24, 2.45) is 0 Å². The number of benzene rings is 1. The molecule has 1 aliphatic heterocycles. The Balaban J connectivity index is 1.84. The van der Waals surface area contributed by atoms with Gasteiger partial charge in [0.25, 0.3) is 5.56 Å². The van der Waals surface area contributed by atoms with Crippen LogP contribution in [0.25, 0.3) is 11.1 Å². The van der Waals surface area contributed by atoms with Crippen molar-refractivity contribution in [2.75, 3.05) is 32.7 Å². The minimum Gasteiger partial charge on any atom is -0.325 e. The van der Waals surface area contributed by atoms with E-state index in [9.17, 15) is 10.1 Å². The number of hydrogen-bond acceptors (Lipinski definition) is 4. The number of rotatable bonds is 4. The van der Waals surface area contributed by atoms with E-state index < -0.39 is 0 Å². The lowest BCUT2D eigenvalue weighted by Gasteiger charge is -2.34. The predicted octanol–water partition coefficient (Wildman–Crippen LogP) is 2.36. The van der Waals surface area contributed by atoms with Crippen molar-refractivity contribution >= 4 is 0 Å². The third-order valence-corrected chi connectivity index (χ3v) is 4.84. The standard InChI is InChI=1S/C20H24N4O/c1-3-23-7-9-24(10-8-23)14-16-5-4-6-17(12-16)18-11-15(2)22-20(25)19(18)13-21/h4-6,11-12H,3,7-10,14H2,1-2H3,(H,22,25). The average molecular weight is 336 g/mol. The van der Waals surface area contributed by atoms with Crippen LogP contribution in [-0.2, 0) is 6.54 Å². The first-order chi connectivity index (χ1) is 12.1. The van der Waals surface area contributed by atoms with Crippen LogP contribution >= 0.6 is 0 Å². The summed E-state index contributed by atoms with van der Waals surface area (Å²) in [7, 11) is 0. The molecule has 1 aliphatic rings. The topological polar surface area (TPSA) is 63.1 Å². The first-order valence-electron chi connectivity index (χ1n) is 8.78. The molecule has 2 heterocycles. The summed E-state index contributed by atoms with van der Waals surface area (Å²) in [5.74, 6) is 0. The van der Waals surface area contributed by atoms with E-state index in [0.717, 1.165) is 50.5 Å². The number of nitrogens with zero attached hydrogens (tertiary/aromatic N) is 3. The lowest BCUT2D eigenvalue weighted by atomic mass is 9.99. The normalized spacial score (nSPS) is 15.9. The van der Waals surface area contributed by atoms with Crippen LogP contribution in [0, 0.1) is 18.3 Å². The molecule has 5 heteroatoms. The highest BCUT2D eigenvalue weighted by molar-refractivity contribution is 5.70. The molecule has 1 aromatic heterocycles. The van der Waals surface area contributed by atoms with Gasteiger partial charge >= 0.3 is 0 Å². The van der Waals surface area contributed by atoms with Crippen LogP contribution in [0.3, 0.4) is 0 Å². The third-order valence-electron chi connectivity index (χ3n) is 4.84. The zero-order valence-electron chi connectivity index (χ0n) is 14.9. The van der Waals surface area contributed by atoms with Gasteiger partial charge in [0.05, 0.1) is 0 Å². The van der Waals surface area contributed by atoms with Crippen molar-refractivity contribution in [1.29, 1.82) is 5.26 Å². The molecular weight excluding hydrogens is 312 g/mol. The van der Waals surface area contributed by atoms with Gasteiger partial charge in [0.1, 0.15) is 11.6 Å². The quantitative estimate of drug-likeness (QED) is 0.931. The van der Waals surface area contributed by atoms with E-state index in [0.29, 0.717) is 5.56 Å². The highest BCUT2D eigenvalue weighted by Gasteiger charge is 2.16.